The van der Waals surface area contributed by atoms with Gasteiger partial charge in [-0.25, -0.2) is 0 Å². The number of hydrogen-bond donors (Lipinski definition) is 1. The first kappa shape index (κ1) is 17.9. The topological polar surface area (TPSA) is 59.8 Å². The number of carbonyl (C=O) groups excluding carboxylic acids is 1. The highest BCUT2D eigenvalue weighted by atomic mass is 16.2. The smallest absolute Gasteiger partial charge is 0.273 e. The molecule has 3 aromatic rings. The van der Waals surface area contributed by atoms with Crippen molar-refractivity contribution in [3.8, 4) is 0 Å². The molecule has 0 spiro atoms. The van der Waals surface area contributed by atoms with Crippen LogP contribution in [0.15, 0.2) is 66.9 Å². The number of nitrogens with one attached hydrogen (secondary N) is 1. The van der Waals surface area contributed by atoms with E-state index in [0.717, 1.165) is 24.8 Å². The Balaban J connectivity index is 1.61. The fourth-order valence-electron chi connectivity index (χ4n) is 2.93. The lowest BCUT2D eigenvalue weighted by Gasteiger charge is -2.17. The number of aryl methyl sites for hydroxylation is 2. The lowest BCUT2D eigenvalue weighted by molar-refractivity contribution is 0.0929. The summed E-state index contributed by atoms with van der Waals surface area (Å²) in [5.74, 6) is -0.182. The van der Waals surface area contributed by atoms with Gasteiger partial charge >= 0.3 is 0 Å². The molecule has 5 heteroatoms. The molecule has 1 unspecified atom stereocenters. The van der Waals surface area contributed by atoms with Crippen molar-refractivity contribution in [2.24, 2.45) is 0 Å². The molecule has 1 atom stereocenters. The molecule has 0 fully saturated rings. The van der Waals surface area contributed by atoms with Crippen LogP contribution in [0.5, 0.6) is 0 Å². The van der Waals surface area contributed by atoms with Gasteiger partial charge in [0.05, 0.1) is 12.2 Å². The van der Waals surface area contributed by atoms with Crippen LogP contribution in [0.4, 0.5) is 0 Å². The van der Waals surface area contributed by atoms with E-state index < -0.39 is 0 Å². The van der Waals surface area contributed by atoms with Crippen LogP contribution in [0, 0.1) is 0 Å². The Bertz CT molecular complexity index is 814. The maximum Gasteiger partial charge on any atom is 0.273 e. The molecule has 0 aliphatic carbocycles. The quantitative estimate of drug-likeness (QED) is 0.674. The predicted octanol–water partition coefficient (Wildman–Crippen LogP) is 3.79. The van der Waals surface area contributed by atoms with Crippen LogP contribution in [0.3, 0.4) is 0 Å². The number of aromatic nitrogens is 3. The number of amides is 1. The van der Waals surface area contributed by atoms with Gasteiger partial charge in [-0.1, -0.05) is 79.2 Å². The lowest BCUT2D eigenvalue weighted by atomic mass is 10.0. The molecular formula is C21H24N4O. The van der Waals surface area contributed by atoms with Gasteiger partial charge in [0.15, 0.2) is 5.69 Å². The van der Waals surface area contributed by atoms with E-state index in [9.17, 15) is 4.79 Å². The van der Waals surface area contributed by atoms with E-state index in [-0.39, 0.29) is 11.9 Å². The Hall–Kier alpha value is -2.95. The fraction of sp³-hybridized carbons (Fsp3) is 0.286. The minimum absolute atomic E-state index is 0.0110. The van der Waals surface area contributed by atoms with E-state index in [2.05, 4.69) is 34.7 Å². The van der Waals surface area contributed by atoms with Gasteiger partial charge in [0.25, 0.3) is 5.91 Å². The second-order valence-corrected chi connectivity index (χ2v) is 6.33. The molecule has 0 aliphatic rings. The molecule has 1 aromatic heterocycles. The Labute approximate surface area is 154 Å². The van der Waals surface area contributed by atoms with E-state index in [4.69, 9.17) is 0 Å². The highest BCUT2D eigenvalue weighted by Crippen LogP contribution is 2.18. The molecule has 3 rings (SSSR count). The van der Waals surface area contributed by atoms with E-state index in [1.165, 1.54) is 5.56 Å². The van der Waals surface area contributed by atoms with Crippen molar-refractivity contribution >= 4 is 5.91 Å². The first-order valence-electron chi connectivity index (χ1n) is 9.06. The molecule has 0 saturated carbocycles. The largest absolute Gasteiger partial charge is 0.344 e. The molecule has 2 aromatic carbocycles. The third kappa shape index (κ3) is 4.79. The molecule has 26 heavy (non-hydrogen) atoms. The highest BCUT2D eigenvalue weighted by molar-refractivity contribution is 5.92. The van der Waals surface area contributed by atoms with Crippen LogP contribution in [0.1, 0.15) is 47.4 Å². The van der Waals surface area contributed by atoms with E-state index in [1.54, 1.807) is 10.9 Å². The minimum atomic E-state index is -0.182. The summed E-state index contributed by atoms with van der Waals surface area (Å²) in [5.41, 5.74) is 2.70. The van der Waals surface area contributed by atoms with Crippen molar-refractivity contribution in [3.05, 3.63) is 83.7 Å². The van der Waals surface area contributed by atoms with E-state index in [0.29, 0.717) is 12.2 Å². The van der Waals surface area contributed by atoms with Crippen molar-refractivity contribution in [1.82, 2.24) is 20.3 Å². The summed E-state index contributed by atoms with van der Waals surface area (Å²) < 4.78 is 1.72. The lowest BCUT2D eigenvalue weighted by Crippen LogP contribution is -2.28. The molecule has 1 N–H and O–H groups in total. The van der Waals surface area contributed by atoms with E-state index in [1.807, 2.05) is 48.5 Å². The number of benzene rings is 2. The average molecular weight is 348 g/mol. The van der Waals surface area contributed by atoms with Crippen molar-refractivity contribution < 1.29 is 4.79 Å². The number of rotatable bonds is 8. The minimum Gasteiger partial charge on any atom is -0.344 e. The van der Waals surface area contributed by atoms with Gasteiger partial charge in [-0.05, 0) is 24.0 Å². The van der Waals surface area contributed by atoms with E-state index >= 15 is 0 Å². The molecule has 1 heterocycles. The van der Waals surface area contributed by atoms with Gasteiger partial charge < -0.3 is 5.32 Å². The molecule has 1 amide bonds. The Kier molecular flexibility index (Phi) is 6.14. The van der Waals surface area contributed by atoms with Gasteiger partial charge in [-0.15, -0.1) is 5.10 Å². The Morgan fingerprint density at radius 3 is 2.46 bits per heavy atom. The summed E-state index contributed by atoms with van der Waals surface area (Å²) in [4.78, 5) is 12.6. The summed E-state index contributed by atoms with van der Waals surface area (Å²) in [6, 6.07) is 20.2. The number of hydrogen-bond acceptors (Lipinski definition) is 3. The summed E-state index contributed by atoms with van der Waals surface area (Å²) >= 11 is 0. The van der Waals surface area contributed by atoms with Crippen LogP contribution in [0.2, 0.25) is 0 Å². The monoisotopic (exact) mass is 348 g/mol. The molecular weight excluding hydrogens is 324 g/mol. The molecule has 5 nitrogen and oxygen atoms in total. The third-order valence-electron chi connectivity index (χ3n) is 4.33. The molecule has 0 aliphatic heterocycles. The second-order valence-electron chi connectivity index (χ2n) is 6.33. The van der Waals surface area contributed by atoms with Gasteiger partial charge in [-0.2, -0.15) is 0 Å². The Morgan fingerprint density at radius 2 is 1.77 bits per heavy atom. The number of carbonyl (C=O) groups is 1. The Morgan fingerprint density at radius 1 is 1.08 bits per heavy atom. The summed E-state index contributed by atoms with van der Waals surface area (Å²) in [5, 5.41) is 11.2. The molecule has 0 bridgehead atoms. The first-order chi connectivity index (χ1) is 12.8. The van der Waals surface area contributed by atoms with Crippen LogP contribution in [-0.2, 0) is 13.0 Å². The standard InChI is InChI=1S/C21H24N4O/c1-2-9-19(18-12-7-4-8-13-18)22-21(26)20-16-25(24-23-20)15-14-17-10-5-3-6-11-17/h3-8,10-13,16,19H,2,9,14-15H2,1H3,(H,22,26). The highest BCUT2D eigenvalue weighted by Gasteiger charge is 2.17. The molecule has 134 valence electrons. The normalized spacial score (nSPS) is 11.9. The fourth-order valence-corrected chi connectivity index (χ4v) is 2.93. The first-order valence-corrected chi connectivity index (χ1v) is 9.06. The summed E-state index contributed by atoms with van der Waals surface area (Å²) in [6.45, 7) is 2.81. The predicted molar refractivity (Wildman–Crippen MR) is 102 cm³/mol. The van der Waals surface area contributed by atoms with Crippen LogP contribution in [-0.4, -0.2) is 20.9 Å². The zero-order chi connectivity index (χ0) is 18.2. The van der Waals surface area contributed by atoms with Gasteiger partial charge in [-0.3, -0.25) is 9.48 Å². The van der Waals surface area contributed by atoms with Crippen molar-refractivity contribution in [2.75, 3.05) is 0 Å². The SMILES string of the molecule is CCCC(NC(=O)c1cn(CCc2ccccc2)nn1)c1ccccc1. The third-order valence-corrected chi connectivity index (χ3v) is 4.33. The van der Waals surface area contributed by atoms with Crippen LogP contribution < -0.4 is 5.32 Å². The number of nitrogens with zero attached hydrogens (tertiary/aromatic N) is 3. The summed E-state index contributed by atoms with van der Waals surface area (Å²) in [7, 11) is 0. The average Bonchev–Trinajstić information content (AvgIpc) is 3.17. The second kappa shape index (κ2) is 8.94. The van der Waals surface area contributed by atoms with Crippen LogP contribution >= 0.6 is 0 Å². The summed E-state index contributed by atoms with van der Waals surface area (Å²) in [6.07, 6.45) is 4.45. The van der Waals surface area contributed by atoms with Crippen LogP contribution in [0.25, 0.3) is 0 Å². The maximum absolute atomic E-state index is 12.6. The zero-order valence-corrected chi connectivity index (χ0v) is 15.0. The van der Waals surface area contributed by atoms with Crippen molar-refractivity contribution in [2.45, 2.75) is 38.8 Å². The van der Waals surface area contributed by atoms with Gasteiger partial charge in [0.2, 0.25) is 0 Å². The molecule has 0 radical (unpaired) electrons. The zero-order valence-electron chi connectivity index (χ0n) is 15.0. The van der Waals surface area contributed by atoms with Crippen molar-refractivity contribution in [3.63, 3.8) is 0 Å². The molecule has 0 saturated heterocycles. The van der Waals surface area contributed by atoms with Crippen molar-refractivity contribution in [1.29, 1.82) is 0 Å². The van der Waals surface area contributed by atoms with Gasteiger partial charge in [0, 0.05) is 6.54 Å². The van der Waals surface area contributed by atoms with Gasteiger partial charge in [0.1, 0.15) is 0 Å². The maximum atomic E-state index is 12.6.